The molecule has 0 saturated heterocycles. The number of fused-ring (bicyclic) bond motifs is 1. The van der Waals surface area contributed by atoms with Gasteiger partial charge in [0.25, 0.3) is 5.91 Å². The van der Waals surface area contributed by atoms with Crippen molar-refractivity contribution in [2.75, 3.05) is 7.05 Å². The van der Waals surface area contributed by atoms with Gasteiger partial charge in [-0.15, -0.1) is 0 Å². The highest BCUT2D eigenvalue weighted by Gasteiger charge is 2.24. The topological polar surface area (TPSA) is 76.9 Å². The van der Waals surface area contributed by atoms with Gasteiger partial charge in [0.05, 0.1) is 28.0 Å². The maximum atomic E-state index is 14.4. The fraction of sp³-hybridized carbons (Fsp3) is 0.161. The molecule has 2 heterocycles. The van der Waals surface area contributed by atoms with Crippen LogP contribution in [0, 0.1) is 23.3 Å². The zero-order valence-electron chi connectivity index (χ0n) is 22.2. The molecule has 0 aliphatic rings. The van der Waals surface area contributed by atoms with Crippen molar-refractivity contribution >= 4 is 34.2 Å². The summed E-state index contributed by atoms with van der Waals surface area (Å²) in [6, 6.07) is 13.1. The largest absolute Gasteiger partial charge is 0.355 e. The smallest absolute Gasteiger partial charge is 0.254 e. The lowest BCUT2D eigenvalue weighted by molar-refractivity contribution is -0.120. The van der Waals surface area contributed by atoms with Gasteiger partial charge in [0, 0.05) is 42.6 Å². The Balaban J connectivity index is 1.53. The van der Waals surface area contributed by atoms with Crippen molar-refractivity contribution in [3.8, 4) is 11.1 Å². The number of benzene rings is 3. The molecule has 0 fully saturated rings. The van der Waals surface area contributed by atoms with E-state index in [2.05, 4.69) is 15.4 Å². The van der Waals surface area contributed by atoms with Crippen molar-refractivity contribution in [3.63, 3.8) is 0 Å². The minimum atomic E-state index is -0.766. The normalized spacial score (nSPS) is 12.0. The number of carbonyl (C=O) groups is 2. The summed E-state index contributed by atoms with van der Waals surface area (Å²) in [7, 11) is 1.39. The number of halogens is 5. The predicted molar refractivity (Wildman–Crippen MR) is 150 cm³/mol. The molecule has 214 valence electrons. The lowest BCUT2D eigenvalue weighted by atomic mass is 9.86. The van der Waals surface area contributed by atoms with Crippen LogP contribution >= 0.6 is 11.6 Å². The van der Waals surface area contributed by atoms with E-state index in [1.54, 1.807) is 12.1 Å². The Labute approximate surface area is 243 Å². The lowest BCUT2D eigenvalue weighted by Crippen LogP contribution is -2.19. The molecule has 0 bridgehead atoms. The van der Waals surface area contributed by atoms with E-state index in [9.17, 15) is 27.2 Å². The SMILES string of the molecule is CNC(=O)c1cc(-c2cccnc2[C@@H](CC(=O)Cn2ncc3cc(F)c(Cl)cc32)Cc2cc(F)cc(F)c2)ccc1F. The average Bonchev–Trinajstić information content (AvgIpc) is 3.32. The van der Waals surface area contributed by atoms with Gasteiger partial charge in [-0.1, -0.05) is 23.7 Å². The number of amides is 1. The summed E-state index contributed by atoms with van der Waals surface area (Å²) in [5.74, 6) is -4.43. The fourth-order valence-corrected chi connectivity index (χ4v) is 5.13. The second-order valence-electron chi connectivity index (χ2n) is 9.76. The molecule has 5 aromatic rings. The third-order valence-electron chi connectivity index (χ3n) is 6.86. The molecular formula is C31H23ClF4N4O2. The van der Waals surface area contributed by atoms with Crippen molar-refractivity contribution < 1.29 is 27.2 Å². The summed E-state index contributed by atoms with van der Waals surface area (Å²) in [6.45, 7) is -0.182. The number of ketones is 1. The van der Waals surface area contributed by atoms with Crippen LogP contribution in [-0.2, 0) is 17.8 Å². The van der Waals surface area contributed by atoms with Crippen LogP contribution in [0.25, 0.3) is 22.0 Å². The van der Waals surface area contributed by atoms with Crippen molar-refractivity contribution in [2.24, 2.45) is 0 Å². The van der Waals surface area contributed by atoms with E-state index in [-0.39, 0.29) is 35.8 Å². The monoisotopic (exact) mass is 594 g/mol. The molecule has 11 heteroatoms. The van der Waals surface area contributed by atoms with Crippen LogP contribution < -0.4 is 5.32 Å². The third-order valence-corrected chi connectivity index (χ3v) is 7.15. The molecule has 0 saturated carbocycles. The third kappa shape index (κ3) is 6.18. The Morgan fingerprint density at radius 2 is 1.74 bits per heavy atom. The number of aromatic nitrogens is 3. The molecule has 0 spiro atoms. The van der Waals surface area contributed by atoms with Gasteiger partial charge in [-0.3, -0.25) is 19.3 Å². The zero-order valence-corrected chi connectivity index (χ0v) is 22.9. The van der Waals surface area contributed by atoms with Gasteiger partial charge in [0.15, 0.2) is 5.78 Å². The zero-order chi connectivity index (χ0) is 30.0. The maximum Gasteiger partial charge on any atom is 0.254 e. The van der Waals surface area contributed by atoms with Crippen LogP contribution in [0.3, 0.4) is 0 Å². The summed E-state index contributed by atoms with van der Waals surface area (Å²) in [5, 5.41) is 6.94. The van der Waals surface area contributed by atoms with Crippen LogP contribution in [0.5, 0.6) is 0 Å². The number of carbonyl (C=O) groups excluding carboxylic acids is 2. The summed E-state index contributed by atoms with van der Waals surface area (Å²) in [5.41, 5.74) is 1.99. The Hall–Kier alpha value is -4.57. The van der Waals surface area contributed by atoms with Gasteiger partial charge in [0.1, 0.15) is 29.8 Å². The molecule has 0 aliphatic heterocycles. The lowest BCUT2D eigenvalue weighted by Gasteiger charge is -2.20. The van der Waals surface area contributed by atoms with E-state index in [0.29, 0.717) is 33.3 Å². The first-order valence-corrected chi connectivity index (χ1v) is 13.2. The van der Waals surface area contributed by atoms with E-state index in [1.165, 1.54) is 60.5 Å². The van der Waals surface area contributed by atoms with Crippen LogP contribution in [0.1, 0.15) is 34.0 Å². The highest BCUT2D eigenvalue weighted by Crippen LogP contribution is 2.34. The van der Waals surface area contributed by atoms with Gasteiger partial charge >= 0.3 is 0 Å². The Bertz CT molecular complexity index is 1800. The molecule has 1 atom stereocenters. The molecule has 5 rings (SSSR count). The minimum absolute atomic E-state index is 0.0465. The first kappa shape index (κ1) is 28.9. The van der Waals surface area contributed by atoms with E-state index >= 15 is 0 Å². The molecule has 3 aromatic carbocycles. The van der Waals surface area contributed by atoms with E-state index in [0.717, 1.165) is 12.1 Å². The van der Waals surface area contributed by atoms with Crippen molar-refractivity contribution in [2.45, 2.75) is 25.3 Å². The Morgan fingerprint density at radius 3 is 2.48 bits per heavy atom. The van der Waals surface area contributed by atoms with Crippen molar-refractivity contribution in [3.05, 3.63) is 118 Å². The number of nitrogens with one attached hydrogen (secondary N) is 1. The van der Waals surface area contributed by atoms with Gasteiger partial charge < -0.3 is 5.32 Å². The van der Waals surface area contributed by atoms with Crippen molar-refractivity contribution in [1.82, 2.24) is 20.1 Å². The van der Waals surface area contributed by atoms with Gasteiger partial charge in [-0.25, -0.2) is 17.6 Å². The molecule has 0 aliphatic carbocycles. The first-order chi connectivity index (χ1) is 20.1. The molecule has 2 aromatic heterocycles. The molecule has 0 unspecified atom stereocenters. The Kier molecular flexibility index (Phi) is 8.35. The number of hydrogen-bond donors (Lipinski definition) is 1. The van der Waals surface area contributed by atoms with E-state index < -0.39 is 35.1 Å². The summed E-state index contributed by atoms with van der Waals surface area (Å²) >= 11 is 5.94. The van der Waals surface area contributed by atoms with Gasteiger partial charge in [-0.2, -0.15) is 5.10 Å². The number of Topliss-reactive ketones (excluding diaryl/α,β-unsaturated/α-hetero) is 1. The molecule has 6 nitrogen and oxygen atoms in total. The molecule has 42 heavy (non-hydrogen) atoms. The molecule has 1 amide bonds. The van der Waals surface area contributed by atoms with E-state index in [1.807, 2.05) is 0 Å². The number of hydrogen-bond acceptors (Lipinski definition) is 4. The van der Waals surface area contributed by atoms with Crippen molar-refractivity contribution in [1.29, 1.82) is 0 Å². The number of nitrogens with zero attached hydrogens (tertiary/aromatic N) is 3. The number of rotatable bonds is 9. The quantitative estimate of drug-likeness (QED) is 0.194. The second-order valence-corrected chi connectivity index (χ2v) is 10.2. The maximum absolute atomic E-state index is 14.4. The van der Waals surface area contributed by atoms with E-state index in [4.69, 9.17) is 11.6 Å². The fourth-order valence-electron chi connectivity index (χ4n) is 4.97. The molecule has 1 N–H and O–H groups in total. The highest BCUT2D eigenvalue weighted by atomic mass is 35.5. The van der Waals surface area contributed by atoms with Gasteiger partial charge in [0.2, 0.25) is 0 Å². The summed E-state index contributed by atoms with van der Waals surface area (Å²) < 4.78 is 57.9. The van der Waals surface area contributed by atoms with Gasteiger partial charge in [-0.05, 0) is 60.0 Å². The minimum Gasteiger partial charge on any atom is -0.355 e. The molecule has 0 radical (unpaired) electrons. The number of pyridine rings is 1. The second kappa shape index (κ2) is 12.1. The van der Waals surface area contributed by atoms with Crippen LogP contribution in [0.15, 0.2) is 73.1 Å². The average molecular weight is 595 g/mol. The predicted octanol–water partition coefficient (Wildman–Crippen LogP) is 6.65. The first-order valence-electron chi connectivity index (χ1n) is 12.9. The standard InChI is InChI=1S/C31H23ClF4N4O2/c1-37-31(42)25-11-18(4-5-27(25)35)24-3-2-6-38-30(24)19(7-17-8-21(33)13-22(34)9-17)10-23(41)16-40-29-14-26(32)28(36)12-20(29)15-39-40/h2-6,8-9,11-15,19H,7,10,16H2,1H3,(H,37,42)/t19-/m1/s1. The van der Waals surface area contributed by atoms with Crippen LogP contribution in [0.2, 0.25) is 5.02 Å². The highest BCUT2D eigenvalue weighted by molar-refractivity contribution is 6.31. The molecular weight excluding hydrogens is 572 g/mol. The Morgan fingerprint density at radius 1 is 0.976 bits per heavy atom. The van der Waals surface area contributed by atoms with Crippen LogP contribution in [-0.4, -0.2) is 33.5 Å². The summed E-state index contributed by atoms with van der Waals surface area (Å²) in [4.78, 5) is 30.2. The van der Waals surface area contributed by atoms with Crippen LogP contribution in [0.4, 0.5) is 17.6 Å². The summed E-state index contributed by atoms with van der Waals surface area (Å²) in [6.07, 6.45) is 2.88.